The molecule has 5 nitrogen and oxygen atoms in total. The van der Waals surface area contributed by atoms with Gasteiger partial charge in [-0.1, -0.05) is 24.3 Å². The molecule has 0 atom stereocenters. The molecule has 1 aliphatic carbocycles. The Morgan fingerprint density at radius 1 is 1.17 bits per heavy atom. The topological polar surface area (TPSA) is 59.8 Å². The van der Waals surface area contributed by atoms with E-state index in [1.54, 1.807) is 6.20 Å². The lowest BCUT2D eigenvalue weighted by molar-refractivity contribution is 0.0949. The standard InChI is InChI=1S/C18H18N4O/c23-18(16-15-4-2-1-3-13(15)7-8-19-16)21-10-12-22-11-9-20-17(22)14-5-6-14/h1-4,7-9,11,14H,5-6,10,12H2,(H,21,23). The Kier molecular flexibility index (Phi) is 3.54. The second-order valence-electron chi connectivity index (χ2n) is 5.89. The number of hydrogen-bond donors (Lipinski definition) is 1. The summed E-state index contributed by atoms with van der Waals surface area (Å²) < 4.78 is 2.13. The highest BCUT2D eigenvalue weighted by Crippen LogP contribution is 2.38. The first-order chi connectivity index (χ1) is 11.3. The number of pyridine rings is 1. The number of imidazole rings is 1. The van der Waals surface area contributed by atoms with Crippen LogP contribution >= 0.6 is 0 Å². The summed E-state index contributed by atoms with van der Waals surface area (Å²) in [7, 11) is 0. The molecule has 116 valence electrons. The minimum absolute atomic E-state index is 0.130. The summed E-state index contributed by atoms with van der Waals surface area (Å²) in [6.07, 6.45) is 7.95. The van der Waals surface area contributed by atoms with E-state index in [1.807, 2.05) is 42.7 Å². The van der Waals surface area contributed by atoms with Crippen LogP contribution in [0.15, 0.2) is 48.9 Å². The summed E-state index contributed by atoms with van der Waals surface area (Å²) in [6.45, 7) is 1.31. The number of carbonyl (C=O) groups excluding carboxylic acids is 1. The Morgan fingerprint density at radius 3 is 2.91 bits per heavy atom. The summed E-state index contributed by atoms with van der Waals surface area (Å²) >= 11 is 0. The Bertz CT molecular complexity index is 846. The fraction of sp³-hybridized carbons (Fsp3) is 0.278. The third kappa shape index (κ3) is 2.82. The number of hydrogen-bond acceptors (Lipinski definition) is 3. The lowest BCUT2D eigenvalue weighted by Crippen LogP contribution is -2.28. The summed E-state index contributed by atoms with van der Waals surface area (Å²) in [5.74, 6) is 1.62. The van der Waals surface area contributed by atoms with Crippen molar-refractivity contribution in [2.24, 2.45) is 0 Å². The molecule has 1 aromatic carbocycles. The molecule has 0 saturated heterocycles. The highest BCUT2D eigenvalue weighted by atomic mass is 16.1. The van der Waals surface area contributed by atoms with Gasteiger partial charge in [0.25, 0.3) is 5.91 Å². The zero-order valence-electron chi connectivity index (χ0n) is 12.8. The van der Waals surface area contributed by atoms with E-state index in [0.29, 0.717) is 18.2 Å². The van der Waals surface area contributed by atoms with Gasteiger partial charge >= 0.3 is 0 Å². The maximum Gasteiger partial charge on any atom is 0.270 e. The largest absolute Gasteiger partial charge is 0.349 e. The number of rotatable bonds is 5. The first-order valence-electron chi connectivity index (χ1n) is 7.96. The summed E-state index contributed by atoms with van der Waals surface area (Å²) in [4.78, 5) is 21.1. The molecule has 2 aromatic heterocycles. The lowest BCUT2D eigenvalue weighted by Gasteiger charge is -2.09. The van der Waals surface area contributed by atoms with Crippen molar-refractivity contribution < 1.29 is 4.79 Å². The number of aromatic nitrogens is 3. The minimum Gasteiger partial charge on any atom is -0.349 e. The zero-order valence-corrected chi connectivity index (χ0v) is 12.8. The zero-order chi connectivity index (χ0) is 15.6. The monoisotopic (exact) mass is 306 g/mol. The molecule has 0 radical (unpaired) electrons. The molecule has 1 fully saturated rings. The molecule has 0 spiro atoms. The summed E-state index contributed by atoms with van der Waals surface area (Å²) in [5, 5.41) is 4.88. The molecule has 2 heterocycles. The first-order valence-corrected chi connectivity index (χ1v) is 7.96. The Balaban J connectivity index is 1.44. The minimum atomic E-state index is -0.130. The van der Waals surface area contributed by atoms with Gasteiger partial charge in [-0.2, -0.15) is 0 Å². The van der Waals surface area contributed by atoms with Crippen LogP contribution in [0.2, 0.25) is 0 Å². The fourth-order valence-corrected chi connectivity index (χ4v) is 2.89. The third-order valence-corrected chi connectivity index (χ3v) is 4.22. The lowest BCUT2D eigenvalue weighted by atomic mass is 10.1. The van der Waals surface area contributed by atoms with Crippen molar-refractivity contribution in [3.05, 3.63) is 60.4 Å². The van der Waals surface area contributed by atoms with Gasteiger partial charge in [0, 0.05) is 43.0 Å². The van der Waals surface area contributed by atoms with Gasteiger partial charge in [0.05, 0.1) is 0 Å². The van der Waals surface area contributed by atoms with Crippen LogP contribution in [0, 0.1) is 0 Å². The molecular weight excluding hydrogens is 288 g/mol. The highest BCUT2D eigenvalue weighted by Gasteiger charge is 2.27. The Hall–Kier alpha value is -2.69. The van der Waals surface area contributed by atoms with Crippen LogP contribution in [-0.2, 0) is 6.54 Å². The van der Waals surface area contributed by atoms with Crippen LogP contribution in [-0.4, -0.2) is 27.0 Å². The van der Waals surface area contributed by atoms with Crippen LogP contribution < -0.4 is 5.32 Å². The average molecular weight is 306 g/mol. The van der Waals surface area contributed by atoms with E-state index in [0.717, 1.165) is 23.1 Å². The van der Waals surface area contributed by atoms with Gasteiger partial charge in [-0.3, -0.25) is 9.78 Å². The number of nitrogens with one attached hydrogen (secondary N) is 1. The van der Waals surface area contributed by atoms with E-state index in [9.17, 15) is 4.79 Å². The van der Waals surface area contributed by atoms with E-state index in [1.165, 1.54) is 12.8 Å². The van der Waals surface area contributed by atoms with Crippen molar-refractivity contribution in [1.29, 1.82) is 0 Å². The van der Waals surface area contributed by atoms with Gasteiger partial charge in [-0.25, -0.2) is 4.98 Å². The van der Waals surface area contributed by atoms with Gasteiger partial charge in [0.1, 0.15) is 11.5 Å². The van der Waals surface area contributed by atoms with Crippen LogP contribution in [0.5, 0.6) is 0 Å². The van der Waals surface area contributed by atoms with Crippen LogP contribution in [0.1, 0.15) is 35.1 Å². The van der Waals surface area contributed by atoms with E-state index in [-0.39, 0.29) is 5.91 Å². The summed E-state index contributed by atoms with van der Waals surface area (Å²) in [6, 6.07) is 9.72. The van der Waals surface area contributed by atoms with Gasteiger partial charge in [-0.05, 0) is 24.3 Å². The first kappa shape index (κ1) is 13.9. The maximum atomic E-state index is 12.4. The second-order valence-corrected chi connectivity index (χ2v) is 5.89. The third-order valence-electron chi connectivity index (χ3n) is 4.22. The summed E-state index contributed by atoms with van der Waals surface area (Å²) in [5.41, 5.74) is 0.483. The quantitative estimate of drug-likeness (QED) is 0.788. The molecule has 1 aliphatic rings. The Labute approximate surface area is 134 Å². The smallest absolute Gasteiger partial charge is 0.270 e. The van der Waals surface area contributed by atoms with Gasteiger partial charge in [-0.15, -0.1) is 0 Å². The molecule has 0 bridgehead atoms. The molecule has 0 unspecified atom stereocenters. The molecule has 5 heteroatoms. The van der Waals surface area contributed by atoms with E-state index in [4.69, 9.17) is 0 Å². The number of carbonyl (C=O) groups is 1. The van der Waals surface area contributed by atoms with Gasteiger partial charge < -0.3 is 9.88 Å². The van der Waals surface area contributed by atoms with Crippen molar-refractivity contribution >= 4 is 16.7 Å². The second kappa shape index (κ2) is 5.83. The van der Waals surface area contributed by atoms with Crippen molar-refractivity contribution in [2.75, 3.05) is 6.54 Å². The fourth-order valence-electron chi connectivity index (χ4n) is 2.89. The molecule has 1 N–H and O–H groups in total. The molecule has 3 aromatic rings. The van der Waals surface area contributed by atoms with Gasteiger partial charge in [0.15, 0.2) is 0 Å². The van der Waals surface area contributed by atoms with Crippen LogP contribution in [0.4, 0.5) is 0 Å². The Morgan fingerprint density at radius 2 is 2.04 bits per heavy atom. The SMILES string of the molecule is O=C(NCCn1ccnc1C1CC1)c1nccc2ccccc12. The molecule has 0 aliphatic heterocycles. The molecule has 1 saturated carbocycles. The van der Waals surface area contributed by atoms with Crippen molar-refractivity contribution in [2.45, 2.75) is 25.3 Å². The number of benzene rings is 1. The van der Waals surface area contributed by atoms with Crippen LogP contribution in [0.25, 0.3) is 10.8 Å². The molecule has 23 heavy (non-hydrogen) atoms. The number of nitrogens with zero attached hydrogens (tertiary/aromatic N) is 3. The number of fused-ring (bicyclic) bond motifs is 1. The van der Waals surface area contributed by atoms with Crippen molar-refractivity contribution in [3.63, 3.8) is 0 Å². The molecular formula is C18H18N4O. The van der Waals surface area contributed by atoms with E-state index < -0.39 is 0 Å². The number of amides is 1. The highest BCUT2D eigenvalue weighted by molar-refractivity contribution is 6.05. The van der Waals surface area contributed by atoms with E-state index in [2.05, 4.69) is 19.9 Å². The van der Waals surface area contributed by atoms with Crippen molar-refractivity contribution in [3.8, 4) is 0 Å². The van der Waals surface area contributed by atoms with Crippen molar-refractivity contribution in [1.82, 2.24) is 19.9 Å². The van der Waals surface area contributed by atoms with Crippen LogP contribution in [0.3, 0.4) is 0 Å². The predicted octanol–water partition coefficient (Wildman–Crippen LogP) is 2.74. The predicted molar refractivity (Wildman–Crippen MR) is 88.3 cm³/mol. The normalized spacial score (nSPS) is 14.1. The molecule has 4 rings (SSSR count). The van der Waals surface area contributed by atoms with Gasteiger partial charge in [0.2, 0.25) is 0 Å². The average Bonchev–Trinajstić information content (AvgIpc) is 3.33. The van der Waals surface area contributed by atoms with E-state index >= 15 is 0 Å². The molecule has 1 amide bonds. The maximum absolute atomic E-state index is 12.4.